The summed E-state index contributed by atoms with van der Waals surface area (Å²) in [6.07, 6.45) is 1.77. The number of thiazole rings is 1. The van der Waals surface area contributed by atoms with Gasteiger partial charge in [0.1, 0.15) is 5.01 Å². The number of aromatic nitrogens is 1. The highest BCUT2D eigenvalue weighted by atomic mass is 32.1. The first kappa shape index (κ1) is 16.9. The van der Waals surface area contributed by atoms with E-state index < -0.39 is 13.6 Å². The summed E-state index contributed by atoms with van der Waals surface area (Å²) in [4.78, 5) is 16.0. The summed E-state index contributed by atoms with van der Waals surface area (Å²) in [6, 6.07) is 15.3. The Bertz CT molecular complexity index is 779. The van der Waals surface area contributed by atoms with E-state index in [2.05, 4.69) is 4.98 Å². The Hall–Kier alpha value is -2.48. The Morgan fingerprint density at radius 1 is 1.00 bits per heavy atom. The minimum absolute atomic E-state index is 0.422. The summed E-state index contributed by atoms with van der Waals surface area (Å²) in [5.74, 6) is -0.422. The average molecular weight is 326 g/mol. The van der Waals surface area contributed by atoms with E-state index in [1.54, 1.807) is 23.6 Å². The van der Waals surface area contributed by atoms with E-state index in [0.29, 0.717) is 5.56 Å². The zero-order valence-electron chi connectivity index (χ0n) is 12.2. The van der Waals surface area contributed by atoms with Gasteiger partial charge in [-0.1, -0.05) is 42.5 Å². The van der Waals surface area contributed by atoms with Crippen molar-refractivity contribution >= 4 is 24.9 Å². The van der Waals surface area contributed by atoms with Crippen molar-refractivity contribution in [2.24, 2.45) is 5.73 Å². The van der Waals surface area contributed by atoms with E-state index in [-0.39, 0.29) is 0 Å². The second-order valence-electron chi connectivity index (χ2n) is 4.43. The van der Waals surface area contributed by atoms with Crippen LogP contribution in [0, 0.1) is 0 Å². The van der Waals surface area contributed by atoms with Gasteiger partial charge in [-0.3, -0.25) is 4.79 Å². The molecule has 0 saturated carbocycles. The maximum absolute atomic E-state index is 11.6. The third-order valence-corrected chi connectivity index (χ3v) is 3.88. The molecule has 0 fully saturated rings. The molecule has 0 aliphatic heterocycles. The van der Waals surface area contributed by atoms with E-state index in [0.717, 1.165) is 21.7 Å². The van der Waals surface area contributed by atoms with Crippen LogP contribution in [-0.4, -0.2) is 28.6 Å². The van der Waals surface area contributed by atoms with Crippen LogP contribution in [0.25, 0.3) is 21.7 Å². The lowest BCUT2D eigenvalue weighted by Gasteiger charge is -2.10. The molecule has 2 aromatic carbocycles. The molecule has 23 heavy (non-hydrogen) atoms. The molecule has 3 aromatic rings. The molecule has 5 nitrogen and oxygen atoms in total. The average Bonchev–Trinajstić information content (AvgIpc) is 3.10. The predicted molar refractivity (Wildman–Crippen MR) is 93.1 cm³/mol. The predicted octanol–water partition coefficient (Wildman–Crippen LogP) is 1.81. The first-order valence-corrected chi connectivity index (χ1v) is 7.66. The number of benzene rings is 2. The molecular weight excluding hydrogens is 311 g/mol. The van der Waals surface area contributed by atoms with Crippen molar-refractivity contribution in [3.8, 4) is 21.7 Å². The van der Waals surface area contributed by atoms with Gasteiger partial charge in [-0.2, -0.15) is 0 Å². The largest absolute Gasteiger partial charge is 0.432 e. The summed E-state index contributed by atoms with van der Waals surface area (Å²) in [5, 5.41) is 17.1. The fraction of sp³-hybridized carbons (Fsp3) is 0. The van der Waals surface area contributed by atoms with Crippen LogP contribution in [0.5, 0.6) is 0 Å². The van der Waals surface area contributed by atoms with Gasteiger partial charge >= 0.3 is 7.69 Å². The standard InChI is InChI=1S/C16H12N2OS.BH3O2/c17-15(19)13-7-3-1-5-11(13)12-6-2-4-8-14(12)16-18-9-10-20-16;2-1-3/h1-10H,(H2,17,19);1-3H. The molecule has 0 radical (unpaired) electrons. The molecule has 0 unspecified atom stereocenters. The molecule has 116 valence electrons. The van der Waals surface area contributed by atoms with Gasteiger partial charge in [-0.25, -0.2) is 4.98 Å². The van der Waals surface area contributed by atoms with Crippen molar-refractivity contribution in [2.45, 2.75) is 0 Å². The summed E-state index contributed by atoms with van der Waals surface area (Å²) >= 11 is 1.57. The summed E-state index contributed by atoms with van der Waals surface area (Å²) in [6.45, 7) is 0. The van der Waals surface area contributed by atoms with Gasteiger partial charge in [-0.05, 0) is 17.2 Å². The van der Waals surface area contributed by atoms with Gasteiger partial charge in [0.25, 0.3) is 0 Å². The lowest BCUT2D eigenvalue weighted by molar-refractivity contribution is 0.100. The zero-order valence-corrected chi connectivity index (χ0v) is 13.0. The van der Waals surface area contributed by atoms with Crippen molar-refractivity contribution in [1.82, 2.24) is 4.98 Å². The highest BCUT2D eigenvalue weighted by molar-refractivity contribution is 7.13. The zero-order chi connectivity index (χ0) is 16.7. The van der Waals surface area contributed by atoms with E-state index in [1.807, 2.05) is 47.8 Å². The van der Waals surface area contributed by atoms with Crippen LogP contribution in [0.2, 0.25) is 0 Å². The maximum atomic E-state index is 11.6. The number of carbonyl (C=O) groups excluding carboxylic acids is 1. The first-order valence-electron chi connectivity index (χ1n) is 6.78. The van der Waals surface area contributed by atoms with Gasteiger partial charge in [-0.15, -0.1) is 11.3 Å². The summed E-state index contributed by atoms with van der Waals surface area (Å²) in [5.41, 5.74) is 8.81. The Kier molecular flexibility index (Phi) is 6.05. The molecule has 4 N–H and O–H groups in total. The molecule has 0 aliphatic rings. The van der Waals surface area contributed by atoms with Crippen molar-refractivity contribution in [3.63, 3.8) is 0 Å². The molecule has 7 heteroatoms. The van der Waals surface area contributed by atoms with Gasteiger partial charge in [0.05, 0.1) is 0 Å². The Morgan fingerprint density at radius 3 is 2.13 bits per heavy atom. The smallest absolute Gasteiger partial charge is 0.430 e. The quantitative estimate of drug-likeness (QED) is 0.640. The van der Waals surface area contributed by atoms with Gasteiger partial charge in [0.2, 0.25) is 5.91 Å². The van der Waals surface area contributed by atoms with Gasteiger partial charge in [0, 0.05) is 22.7 Å². The number of nitrogens with two attached hydrogens (primary N) is 1. The molecule has 1 amide bonds. The number of carbonyl (C=O) groups is 1. The SMILES string of the molecule is NC(=O)c1ccccc1-c1ccccc1-c1nccs1.OBO. The van der Waals surface area contributed by atoms with Crippen molar-refractivity contribution in [3.05, 3.63) is 65.7 Å². The van der Waals surface area contributed by atoms with Crippen LogP contribution < -0.4 is 5.73 Å². The Balaban J connectivity index is 0.000000595. The van der Waals surface area contributed by atoms with Crippen LogP contribution in [0.4, 0.5) is 0 Å². The molecule has 0 saturated heterocycles. The number of primary amides is 1. The molecule has 0 aliphatic carbocycles. The number of amides is 1. The second-order valence-corrected chi connectivity index (χ2v) is 5.33. The summed E-state index contributed by atoms with van der Waals surface area (Å²) < 4.78 is 0. The van der Waals surface area contributed by atoms with E-state index in [9.17, 15) is 4.79 Å². The van der Waals surface area contributed by atoms with Gasteiger partial charge in [0.15, 0.2) is 0 Å². The van der Waals surface area contributed by atoms with Crippen molar-refractivity contribution in [2.75, 3.05) is 0 Å². The Labute approximate surface area is 138 Å². The summed E-state index contributed by atoms with van der Waals surface area (Å²) in [7, 11) is -0.750. The molecular formula is C16H15BN2O3S. The number of rotatable bonds is 3. The fourth-order valence-electron chi connectivity index (χ4n) is 2.19. The number of nitrogens with zero attached hydrogens (tertiary/aromatic N) is 1. The van der Waals surface area contributed by atoms with Crippen molar-refractivity contribution < 1.29 is 14.8 Å². The van der Waals surface area contributed by atoms with Crippen LogP contribution in [0.15, 0.2) is 60.1 Å². The van der Waals surface area contributed by atoms with E-state index in [1.165, 1.54) is 0 Å². The topological polar surface area (TPSA) is 96.4 Å². The molecule has 0 bridgehead atoms. The number of hydrogen-bond acceptors (Lipinski definition) is 5. The lowest BCUT2D eigenvalue weighted by atomic mass is 9.95. The van der Waals surface area contributed by atoms with Crippen LogP contribution in [0.1, 0.15) is 10.4 Å². The fourth-order valence-corrected chi connectivity index (χ4v) is 2.87. The molecule has 1 aromatic heterocycles. The lowest BCUT2D eigenvalue weighted by Crippen LogP contribution is -2.12. The monoisotopic (exact) mass is 326 g/mol. The van der Waals surface area contributed by atoms with Gasteiger partial charge < -0.3 is 15.8 Å². The maximum Gasteiger partial charge on any atom is 0.432 e. The Morgan fingerprint density at radius 2 is 1.57 bits per heavy atom. The van der Waals surface area contributed by atoms with Crippen LogP contribution in [0.3, 0.4) is 0 Å². The minimum atomic E-state index is -0.750. The molecule has 3 rings (SSSR count). The van der Waals surface area contributed by atoms with E-state index in [4.69, 9.17) is 15.8 Å². The first-order chi connectivity index (χ1) is 11.2. The normalized spacial score (nSPS) is 9.65. The molecule has 0 atom stereocenters. The molecule has 1 heterocycles. The third kappa shape index (κ3) is 4.04. The van der Waals surface area contributed by atoms with Crippen molar-refractivity contribution in [1.29, 1.82) is 0 Å². The van der Waals surface area contributed by atoms with Crippen LogP contribution in [-0.2, 0) is 0 Å². The highest BCUT2D eigenvalue weighted by Gasteiger charge is 2.14. The van der Waals surface area contributed by atoms with E-state index >= 15 is 0 Å². The second kappa shape index (κ2) is 8.23. The molecule has 0 spiro atoms. The van der Waals surface area contributed by atoms with Crippen LogP contribution >= 0.6 is 11.3 Å². The highest BCUT2D eigenvalue weighted by Crippen LogP contribution is 2.34. The number of hydrogen-bond donors (Lipinski definition) is 3. The minimum Gasteiger partial charge on any atom is -0.430 e. The third-order valence-electron chi connectivity index (χ3n) is 3.07.